The van der Waals surface area contributed by atoms with Gasteiger partial charge in [0.2, 0.25) is 0 Å². The lowest BCUT2D eigenvalue weighted by atomic mass is 10.2. The Bertz CT molecular complexity index is 380. The molecule has 4 nitrogen and oxygen atoms in total. The molecule has 0 aliphatic carbocycles. The van der Waals surface area contributed by atoms with E-state index >= 15 is 0 Å². The molecule has 1 N–H and O–H groups in total. The molecule has 1 aromatic rings. The van der Waals surface area contributed by atoms with Crippen LogP contribution in [0.2, 0.25) is 0 Å². The molecule has 16 heavy (non-hydrogen) atoms. The Morgan fingerprint density at radius 3 is 2.69 bits per heavy atom. The Labute approximate surface area is 99.4 Å². The zero-order valence-corrected chi connectivity index (χ0v) is 10.3. The standard InChI is InChI=1S/C10H13O4PS/c11-15(16,14-8-10-7-12-10)13-6-9-4-2-1-3-5-9/h1-5,10H,6-8H2,(H,11,16). The van der Waals surface area contributed by atoms with Crippen LogP contribution in [0.1, 0.15) is 5.56 Å². The first-order valence-corrected chi connectivity index (χ1v) is 7.52. The summed E-state index contributed by atoms with van der Waals surface area (Å²) < 4.78 is 15.3. The Hall–Kier alpha value is -0.290. The predicted octanol–water partition coefficient (Wildman–Crippen LogP) is 1.84. The van der Waals surface area contributed by atoms with Crippen molar-refractivity contribution in [3.8, 4) is 0 Å². The molecule has 0 amide bonds. The summed E-state index contributed by atoms with van der Waals surface area (Å²) in [5.41, 5.74) is 0.956. The van der Waals surface area contributed by atoms with Gasteiger partial charge in [0.1, 0.15) is 6.10 Å². The van der Waals surface area contributed by atoms with E-state index in [2.05, 4.69) is 0 Å². The van der Waals surface area contributed by atoms with Gasteiger partial charge >= 0.3 is 6.72 Å². The maximum Gasteiger partial charge on any atom is 0.324 e. The van der Waals surface area contributed by atoms with Gasteiger partial charge in [-0.1, -0.05) is 30.3 Å². The minimum absolute atomic E-state index is 0.0785. The van der Waals surface area contributed by atoms with Gasteiger partial charge in [-0.05, 0) is 17.4 Å². The maximum absolute atomic E-state index is 9.68. The van der Waals surface area contributed by atoms with Crippen molar-refractivity contribution in [2.75, 3.05) is 13.2 Å². The molecule has 1 heterocycles. The molecule has 2 unspecified atom stereocenters. The van der Waals surface area contributed by atoms with Gasteiger partial charge in [0.05, 0.1) is 19.8 Å². The van der Waals surface area contributed by atoms with Gasteiger partial charge in [-0.25, -0.2) is 0 Å². The lowest BCUT2D eigenvalue weighted by molar-refractivity contribution is 0.177. The summed E-state index contributed by atoms with van der Waals surface area (Å²) in [5.74, 6) is 0. The van der Waals surface area contributed by atoms with Crippen molar-refractivity contribution in [3.05, 3.63) is 35.9 Å². The molecule has 0 spiro atoms. The molecule has 6 heteroatoms. The largest absolute Gasteiger partial charge is 0.371 e. The SMILES string of the molecule is OP(=S)(OCc1ccccc1)OCC1CO1. The fourth-order valence-electron chi connectivity index (χ4n) is 1.11. The quantitative estimate of drug-likeness (QED) is 0.624. The summed E-state index contributed by atoms with van der Waals surface area (Å²) in [5, 5.41) is 0. The second-order valence-electron chi connectivity index (χ2n) is 3.48. The molecule has 1 aliphatic rings. The average molecular weight is 260 g/mol. The lowest BCUT2D eigenvalue weighted by Crippen LogP contribution is -2.01. The minimum atomic E-state index is -3.12. The normalized spacial score (nSPS) is 22.7. The second kappa shape index (κ2) is 5.36. The predicted molar refractivity (Wildman–Crippen MR) is 63.4 cm³/mol. The van der Waals surface area contributed by atoms with Crippen LogP contribution >= 0.6 is 6.72 Å². The first-order chi connectivity index (χ1) is 7.66. The molecule has 88 valence electrons. The molecule has 2 atom stereocenters. The van der Waals surface area contributed by atoms with E-state index in [1.54, 1.807) is 0 Å². The van der Waals surface area contributed by atoms with Crippen LogP contribution in [0.3, 0.4) is 0 Å². The maximum atomic E-state index is 9.68. The van der Waals surface area contributed by atoms with E-state index in [0.29, 0.717) is 13.2 Å². The van der Waals surface area contributed by atoms with Crippen molar-refractivity contribution in [1.82, 2.24) is 0 Å². The van der Waals surface area contributed by atoms with Crippen LogP contribution in [0.4, 0.5) is 0 Å². The Kier molecular flexibility index (Phi) is 4.08. The summed E-state index contributed by atoms with van der Waals surface area (Å²) in [6, 6.07) is 9.52. The molecular weight excluding hydrogens is 247 g/mol. The number of epoxide rings is 1. The van der Waals surface area contributed by atoms with E-state index in [1.165, 1.54) is 0 Å². The van der Waals surface area contributed by atoms with Crippen molar-refractivity contribution in [2.24, 2.45) is 0 Å². The molecule has 2 rings (SSSR count). The molecule has 0 aromatic heterocycles. The first kappa shape index (κ1) is 12.2. The zero-order chi connectivity index (χ0) is 11.4. The summed E-state index contributed by atoms with van der Waals surface area (Å²) in [6.45, 7) is -1.87. The topological polar surface area (TPSA) is 51.2 Å². The highest BCUT2D eigenvalue weighted by molar-refractivity contribution is 8.07. The van der Waals surface area contributed by atoms with Crippen molar-refractivity contribution >= 4 is 18.5 Å². The minimum Gasteiger partial charge on any atom is -0.371 e. The highest BCUT2D eigenvalue weighted by atomic mass is 32.5. The van der Waals surface area contributed by atoms with Crippen LogP contribution in [-0.4, -0.2) is 24.2 Å². The van der Waals surface area contributed by atoms with Crippen LogP contribution in [0.25, 0.3) is 0 Å². The van der Waals surface area contributed by atoms with Crippen molar-refractivity contribution in [2.45, 2.75) is 12.7 Å². The van der Waals surface area contributed by atoms with E-state index in [9.17, 15) is 4.89 Å². The van der Waals surface area contributed by atoms with Crippen LogP contribution in [-0.2, 0) is 32.2 Å². The molecule has 0 bridgehead atoms. The molecule has 1 aliphatic heterocycles. The van der Waals surface area contributed by atoms with Crippen LogP contribution in [0, 0.1) is 0 Å². The number of rotatable bonds is 6. The molecule has 0 radical (unpaired) electrons. The highest BCUT2D eigenvalue weighted by Gasteiger charge is 2.26. The number of benzene rings is 1. The van der Waals surface area contributed by atoms with Crippen molar-refractivity contribution in [3.63, 3.8) is 0 Å². The average Bonchev–Trinajstić information content (AvgIpc) is 3.09. The molecular formula is C10H13O4PS. The molecule has 0 saturated carbocycles. The summed E-state index contributed by atoms with van der Waals surface area (Å²) in [4.78, 5) is 9.68. The van der Waals surface area contributed by atoms with E-state index in [-0.39, 0.29) is 12.7 Å². The van der Waals surface area contributed by atoms with Crippen molar-refractivity contribution in [1.29, 1.82) is 0 Å². The van der Waals surface area contributed by atoms with Crippen LogP contribution in [0.5, 0.6) is 0 Å². The van der Waals surface area contributed by atoms with Gasteiger partial charge in [0.15, 0.2) is 0 Å². The number of hydrogen-bond donors (Lipinski definition) is 1. The third-order valence-electron chi connectivity index (χ3n) is 2.06. The van der Waals surface area contributed by atoms with E-state index in [1.807, 2.05) is 30.3 Å². The van der Waals surface area contributed by atoms with Gasteiger partial charge in [0, 0.05) is 0 Å². The Morgan fingerprint density at radius 2 is 2.06 bits per heavy atom. The summed E-state index contributed by atoms with van der Waals surface area (Å²) in [6.07, 6.45) is 0.0785. The summed E-state index contributed by atoms with van der Waals surface area (Å²) >= 11 is 4.86. The van der Waals surface area contributed by atoms with Gasteiger partial charge < -0.3 is 18.7 Å². The highest BCUT2D eigenvalue weighted by Crippen LogP contribution is 2.45. The van der Waals surface area contributed by atoms with Gasteiger partial charge in [0.25, 0.3) is 0 Å². The van der Waals surface area contributed by atoms with E-state index in [0.717, 1.165) is 5.56 Å². The zero-order valence-electron chi connectivity index (χ0n) is 8.61. The number of hydrogen-bond acceptors (Lipinski definition) is 4. The third kappa shape index (κ3) is 4.29. The third-order valence-corrected chi connectivity index (χ3v) is 3.63. The van der Waals surface area contributed by atoms with Crippen LogP contribution in [0.15, 0.2) is 30.3 Å². The van der Waals surface area contributed by atoms with Crippen LogP contribution < -0.4 is 0 Å². The molecule has 1 fully saturated rings. The van der Waals surface area contributed by atoms with E-state index < -0.39 is 6.72 Å². The van der Waals surface area contributed by atoms with Gasteiger partial charge in [-0.3, -0.25) is 0 Å². The first-order valence-electron chi connectivity index (χ1n) is 4.93. The molecule has 1 aromatic carbocycles. The lowest BCUT2D eigenvalue weighted by Gasteiger charge is -2.14. The second-order valence-corrected chi connectivity index (χ2v) is 6.32. The fraction of sp³-hybridized carbons (Fsp3) is 0.400. The van der Waals surface area contributed by atoms with Gasteiger partial charge in [-0.2, -0.15) is 0 Å². The Morgan fingerprint density at radius 1 is 1.38 bits per heavy atom. The monoisotopic (exact) mass is 260 g/mol. The van der Waals surface area contributed by atoms with Gasteiger partial charge in [-0.15, -0.1) is 0 Å². The number of ether oxygens (including phenoxy) is 1. The Balaban J connectivity index is 1.76. The molecule has 1 saturated heterocycles. The summed E-state index contributed by atoms with van der Waals surface area (Å²) in [7, 11) is 0. The fourth-order valence-corrected chi connectivity index (χ4v) is 2.19. The van der Waals surface area contributed by atoms with Crippen molar-refractivity contribution < 1.29 is 18.7 Å². The smallest absolute Gasteiger partial charge is 0.324 e. The van der Waals surface area contributed by atoms with E-state index in [4.69, 9.17) is 25.6 Å².